The van der Waals surface area contributed by atoms with Gasteiger partial charge < -0.3 is 9.32 Å². The first-order valence-electron chi connectivity index (χ1n) is 9.18. The van der Waals surface area contributed by atoms with Crippen LogP contribution in [0, 0.1) is 5.92 Å². The van der Waals surface area contributed by atoms with Gasteiger partial charge in [-0.25, -0.2) is 4.98 Å². The first-order valence-corrected chi connectivity index (χ1v) is 9.18. The first kappa shape index (κ1) is 16.3. The number of carbonyl (C=O) groups excluding carboxylic acids is 1. The average Bonchev–Trinajstić information content (AvgIpc) is 3.36. The summed E-state index contributed by atoms with van der Waals surface area (Å²) in [5.74, 6) is 2.67. The molecule has 0 saturated carbocycles. The smallest absolute Gasteiger partial charge is 0.225 e. The van der Waals surface area contributed by atoms with Crippen molar-refractivity contribution in [2.45, 2.75) is 38.1 Å². The Morgan fingerprint density at radius 1 is 1.28 bits per heavy atom. The molecule has 7 heteroatoms. The standard InChI is InChI=1S/C18H25N5O2/c24-18(23-7-1-3-15(11-23)17-19-13-20-21-17)14-5-8-22(9-6-14)12-16-4-2-10-25-16/h2,4,10,13-15H,1,3,5-9,11-12H2,(H,19,20,21)/t15-/m1/s1. The van der Waals surface area contributed by atoms with E-state index in [2.05, 4.69) is 20.1 Å². The Kier molecular flexibility index (Phi) is 4.83. The number of rotatable bonds is 4. The lowest BCUT2D eigenvalue weighted by Gasteiger charge is -2.37. The van der Waals surface area contributed by atoms with Gasteiger partial charge in [-0.2, -0.15) is 5.10 Å². The zero-order valence-corrected chi connectivity index (χ0v) is 14.4. The van der Waals surface area contributed by atoms with Gasteiger partial charge in [0.25, 0.3) is 0 Å². The van der Waals surface area contributed by atoms with E-state index < -0.39 is 0 Å². The molecule has 2 aromatic heterocycles. The fourth-order valence-electron chi connectivity index (χ4n) is 4.03. The SMILES string of the molecule is O=C(C1CCN(Cc2ccco2)CC1)N1CCC[C@@H](c2ncn[nH]2)C1. The van der Waals surface area contributed by atoms with Crippen LogP contribution in [0.25, 0.3) is 0 Å². The van der Waals surface area contributed by atoms with Crippen LogP contribution in [-0.2, 0) is 11.3 Å². The molecule has 0 aliphatic carbocycles. The molecule has 0 aromatic carbocycles. The minimum absolute atomic E-state index is 0.154. The molecule has 0 unspecified atom stereocenters. The summed E-state index contributed by atoms with van der Waals surface area (Å²) >= 11 is 0. The first-order chi connectivity index (χ1) is 12.3. The second-order valence-corrected chi connectivity index (χ2v) is 7.12. The Morgan fingerprint density at radius 2 is 2.16 bits per heavy atom. The fraction of sp³-hybridized carbons (Fsp3) is 0.611. The van der Waals surface area contributed by atoms with Crippen LogP contribution in [-0.4, -0.2) is 57.1 Å². The van der Waals surface area contributed by atoms with E-state index in [0.717, 1.165) is 70.0 Å². The average molecular weight is 343 g/mol. The summed E-state index contributed by atoms with van der Waals surface area (Å²) in [6, 6.07) is 3.93. The Bertz CT molecular complexity index is 662. The van der Waals surface area contributed by atoms with Crippen molar-refractivity contribution in [3.8, 4) is 0 Å². The molecule has 1 amide bonds. The highest BCUT2D eigenvalue weighted by molar-refractivity contribution is 5.79. The molecule has 4 rings (SSSR count). The van der Waals surface area contributed by atoms with Gasteiger partial charge in [-0.05, 0) is 50.9 Å². The highest BCUT2D eigenvalue weighted by atomic mass is 16.3. The van der Waals surface area contributed by atoms with Crippen molar-refractivity contribution >= 4 is 5.91 Å². The normalized spacial score (nSPS) is 23.0. The van der Waals surface area contributed by atoms with Crippen molar-refractivity contribution < 1.29 is 9.21 Å². The summed E-state index contributed by atoms with van der Waals surface area (Å²) in [5.41, 5.74) is 0. The lowest BCUT2D eigenvalue weighted by molar-refractivity contribution is -0.138. The highest BCUT2D eigenvalue weighted by Crippen LogP contribution is 2.27. The Hall–Kier alpha value is -2.15. The number of amides is 1. The number of H-pyrrole nitrogens is 1. The Morgan fingerprint density at radius 3 is 2.88 bits per heavy atom. The molecule has 0 spiro atoms. The minimum Gasteiger partial charge on any atom is -0.468 e. The molecule has 7 nitrogen and oxygen atoms in total. The number of piperidine rings is 2. The predicted molar refractivity (Wildman–Crippen MR) is 91.6 cm³/mol. The molecule has 2 saturated heterocycles. The van der Waals surface area contributed by atoms with E-state index in [1.54, 1.807) is 12.6 Å². The second-order valence-electron chi connectivity index (χ2n) is 7.12. The summed E-state index contributed by atoms with van der Waals surface area (Å²) in [6.45, 7) is 4.38. The summed E-state index contributed by atoms with van der Waals surface area (Å²) in [7, 11) is 0. The Labute approximate surface area is 147 Å². The molecule has 0 bridgehead atoms. The van der Waals surface area contributed by atoms with Gasteiger partial charge in [0.1, 0.15) is 17.9 Å². The van der Waals surface area contributed by atoms with E-state index in [0.29, 0.717) is 11.8 Å². The third-order valence-electron chi connectivity index (χ3n) is 5.45. The van der Waals surface area contributed by atoms with E-state index >= 15 is 0 Å². The van der Waals surface area contributed by atoms with Gasteiger partial charge in [-0.15, -0.1) is 0 Å². The lowest BCUT2D eigenvalue weighted by atomic mass is 9.92. The van der Waals surface area contributed by atoms with Crippen LogP contribution in [0.3, 0.4) is 0 Å². The van der Waals surface area contributed by atoms with E-state index in [4.69, 9.17) is 4.42 Å². The summed E-state index contributed by atoms with van der Waals surface area (Å²) in [6.07, 6.45) is 7.23. The molecule has 25 heavy (non-hydrogen) atoms. The number of carbonyl (C=O) groups is 1. The molecular weight excluding hydrogens is 318 g/mol. The number of hydrogen-bond acceptors (Lipinski definition) is 5. The summed E-state index contributed by atoms with van der Waals surface area (Å²) in [5, 5.41) is 6.90. The minimum atomic E-state index is 0.154. The molecule has 0 radical (unpaired) electrons. The van der Waals surface area contributed by atoms with Crippen molar-refractivity contribution in [1.29, 1.82) is 0 Å². The molecule has 2 fully saturated rings. The van der Waals surface area contributed by atoms with Crippen LogP contribution in [0.1, 0.15) is 43.2 Å². The number of nitrogens with one attached hydrogen (secondary N) is 1. The van der Waals surface area contributed by atoms with Crippen LogP contribution >= 0.6 is 0 Å². The fourth-order valence-corrected chi connectivity index (χ4v) is 4.03. The molecule has 2 aromatic rings. The number of likely N-dealkylation sites (tertiary alicyclic amines) is 2. The molecule has 2 aliphatic heterocycles. The van der Waals surface area contributed by atoms with Crippen LogP contribution in [0.15, 0.2) is 29.1 Å². The largest absolute Gasteiger partial charge is 0.468 e. The van der Waals surface area contributed by atoms with E-state index in [-0.39, 0.29) is 5.92 Å². The molecule has 4 heterocycles. The quantitative estimate of drug-likeness (QED) is 0.919. The maximum Gasteiger partial charge on any atom is 0.225 e. The zero-order chi connectivity index (χ0) is 17.1. The van der Waals surface area contributed by atoms with Gasteiger partial charge in [0.2, 0.25) is 5.91 Å². The van der Waals surface area contributed by atoms with Gasteiger partial charge in [-0.3, -0.25) is 14.8 Å². The molecule has 134 valence electrons. The lowest BCUT2D eigenvalue weighted by Crippen LogP contribution is -2.45. The third-order valence-corrected chi connectivity index (χ3v) is 5.45. The van der Waals surface area contributed by atoms with Gasteiger partial charge in [0, 0.05) is 24.9 Å². The number of hydrogen-bond donors (Lipinski definition) is 1. The summed E-state index contributed by atoms with van der Waals surface area (Å²) < 4.78 is 5.42. The number of aromatic amines is 1. The summed E-state index contributed by atoms with van der Waals surface area (Å²) in [4.78, 5) is 21.6. The maximum absolute atomic E-state index is 12.9. The zero-order valence-electron chi connectivity index (χ0n) is 14.4. The van der Waals surface area contributed by atoms with Crippen molar-refractivity contribution in [2.24, 2.45) is 5.92 Å². The van der Waals surface area contributed by atoms with E-state index in [1.165, 1.54) is 0 Å². The topological polar surface area (TPSA) is 78.3 Å². The van der Waals surface area contributed by atoms with Crippen molar-refractivity contribution in [1.82, 2.24) is 25.0 Å². The van der Waals surface area contributed by atoms with Crippen LogP contribution < -0.4 is 0 Å². The molecule has 1 N–H and O–H groups in total. The van der Waals surface area contributed by atoms with Crippen molar-refractivity contribution in [3.63, 3.8) is 0 Å². The second kappa shape index (κ2) is 7.39. The van der Waals surface area contributed by atoms with Gasteiger partial charge in [-0.1, -0.05) is 0 Å². The van der Waals surface area contributed by atoms with Crippen molar-refractivity contribution in [3.05, 3.63) is 36.3 Å². The number of nitrogens with zero attached hydrogens (tertiary/aromatic N) is 4. The van der Waals surface area contributed by atoms with E-state index in [1.807, 2.05) is 17.0 Å². The predicted octanol–water partition coefficient (Wildman–Crippen LogP) is 2.02. The highest BCUT2D eigenvalue weighted by Gasteiger charge is 2.32. The number of aromatic nitrogens is 3. The van der Waals surface area contributed by atoms with Gasteiger partial charge in [0.05, 0.1) is 12.8 Å². The number of furan rings is 1. The molecule has 2 aliphatic rings. The third kappa shape index (κ3) is 3.76. The van der Waals surface area contributed by atoms with Crippen LogP contribution in [0.5, 0.6) is 0 Å². The van der Waals surface area contributed by atoms with Gasteiger partial charge >= 0.3 is 0 Å². The van der Waals surface area contributed by atoms with Crippen LogP contribution in [0.4, 0.5) is 0 Å². The monoisotopic (exact) mass is 343 g/mol. The molecule has 1 atom stereocenters. The van der Waals surface area contributed by atoms with E-state index in [9.17, 15) is 4.79 Å². The molecular formula is C18H25N5O2. The van der Waals surface area contributed by atoms with Crippen LogP contribution in [0.2, 0.25) is 0 Å². The van der Waals surface area contributed by atoms with Gasteiger partial charge in [0.15, 0.2) is 0 Å². The maximum atomic E-state index is 12.9. The van der Waals surface area contributed by atoms with Crippen molar-refractivity contribution in [2.75, 3.05) is 26.2 Å². The Balaban J connectivity index is 1.29.